The molecule has 0 fully saturated rings. The average Bonchev–Trinajstić information content (AvgIpc) is 3.27. The van der Waals surface area contributed by atoms with Crippen LogP contribution in [-0.2, 0) is 12.0 Å². The number of rotatable bonds is 3. The van der Waals surface area contributed by atoms with E-state index >= 15 is 0 Å². The van der Waals surface area contributed by atoms with Gasteiger partial charge in [-0.05, 0) is 31.4 Å². The summed E-state index contributed by atoms with van der Waals surface area (Å²) in [5, 5.41) is 21.0. The van der Waals surface area contributed by atoms with Crippen LogP contribution in [0.25, 0.3) is 10.9 Å². The predicted octanol–water partition coefficient (Wildman–Crippen LogP) is 4.18. The number of fused-ring (bicyclic) bond motifs is 2. The Morgan fingerprint density at radius 1 is 1.38 bits per heavy atom. The molecule has 6 nitrogen and oxygen atoms in total. The molecule has 0 amide bonds. The number of benzene rings is 1. The first-order valence-corrected chi connectivity index (χ1v) is 9.03. The van der Waals surface area contributed by atoms with Crippen molar-refractivity contribution in [3.05, 3.63) is 58.6 Å². The molecule has 1 aliphatic rings. The van der Waals surface area contributed by atoms with Gasteiger partial charge in [-0.3, -0.25) is 9.89 Å². The summed E-state index contributed by atoms with van der Waals surface area (Å²) in [7, 11) is 0. The minimum absolute atomic E-state index is 0.160. The predicted molar refractivity (Wildman–Crippen MR) is 97.4 cm³/mol. The van der Waals surface area contributed by atoms with Gasteiger partial charge in [0.05, 0.1) is 11.7 Å². The number of aliphatic hydroxyl groups is 1. The summed E-state index contributed by atoms with van der Waals surface area (Å²) in [6.07, 6.45) is -1.29. The van der Waals surface area contributed by atoms with Crippen LogP contribution in [0.4, 0.5) is 13.2 Å². The second kappa shape index (κ2) is 6.55. The fourth-order valence-electron chi connectivity index (χ4n) is 3.78. The molecule has 2 N–H and O–H groups in total. The molecule has 0 aliphatic heterocycles. The normalized spacial score (nSPS) is 20.6. The summed E-state index contributed by atoms with van der Waals surface area (Å²) in [6, 6.07) is 5.25. The topological polar surface area (TPSA) is 92.0 Å². The molecule has 3 aromatic rings. The number of aromatic amines is 1. The molecule has 2 aromatic heterocycles. The van der Waals surface area contributed by atoms with E-state index in [1.807, 2.05) is 6.07 Å². The number of hydrogen-bond acceptors (Lipinski definition) is 5. The number of carbonyl (C=O) groups is 1. The molecular formula is C20H18F3N3O3. The van der Waals surface area contributed by atoms with Crippen LogP contribution in [-0.4, -0.2) is 32.4 Å². The summed E-state index contributed by atoms with van der Waals surface area (Å²) in [6.45, 7) is 2.39. The maximum Gasteiger partial charge on any atom is 0.422 e. The maximum atomic E-state index is 13.2. The van der Waals surface area contributed by atoms with Gasteiger partial charge in [-0.2, -0.15) is 18.3 Å². The summed E-state index contributed by atoms with van der Waals surface area (Å²) in [4.78, 5) is 12.8. The largest absolute Gasteiger partial charge is 0.422 e. The van der Waals surface area contributed by atoms with E-state index in [-0.39, 0.29) is 23.5 Å². The maximum absolute atomic E-state index is 13.2. The molecule has 0 radical (unpaired) electrons. The van der Waals surface area contributed by atoms with Crippen LogP contribution in [0.5, 0.6) is 0 Å². The standard InChI is InChI=1S/C20H18F3N3O3/c1-10-6-11(7-15(27)12-4-3-5-14-13(12)9-24-25-14)8-16-17(10)18(26-29-16)19(2,28)20(21,22)23/h3-5,7,9-10,28H,6,8H2,1-2H3,(H,24,25)/b11-7-/t10-,19?/m0/s1. The quantitative estimate of drug-likeness (QED) is 0.504. The molecule has 2 heterocycles. The number of allylic oxidation sites excluding steroid dienone is 2. The number of nitrogens with one attached hydrogen (secondary N) is 1. The highest BCUT2D eigenvalue weighted by Crippen LogP contribution is 2.45. The fourth-order valence-corrected chi connectivity index (χ4v) is 3.78. The molecule has 1 aromatic carbocycles. The number of nitrogens with zero attached hydrogens (tertiary/aromatic N) is 2. The van der Waals surface area contributed by atoms with Crippen LogP contribution in [0.2, 0.25) is 0 Å². The van der Waals surface area contributed by atoms with Crippen molar-refractivity contribution in [1.82, 2.24) is 15.4 Å². The van der Waals surface area contributed by atoms with Gasteiger partial charge in [-0.1, -0.05) is 29.8 Å². The summed E-state index contributed by atoms with van der Waals surface area (Å²) >= 11 is 0. The van der Waals surface area contributed by atoms with Gasteiger partial charge in [0.2, 0.25) is 5.60 Å². The zero-order chi connectivity index (χ0) is 21.0. The van der Waals surface area contributed by atoms with E-state index in [1.54, 1.807) is 25.3 Å². The lowest BCUT2D eigenvalue weighted by Gasteiger charge is -2.28. The van der Waals surface area contributed by atoms with E-state index in [4.69, 9.17) is 4.52 Å². The molecule has 0 bridgehead atoms. The van der Waals surface area contributed by atoms with Gasteiger partial charge in [-0.15, -0.1) is 0 Å². The monoisotopic (exact) mass is 405 g/mol. The van der Waals surface area contributed by atoms with Gasteiger partial charge in [0.1, 0.15) is 11.5 Å². The third kappa shape index (κ3) is 3.15. The Balaban J connectivity index is 1.66. The second-order valence-electron chi connectivity index (χ2n) is 7.52. The van der Waals surface area contributed by atoms with E-state index in [1.165, 1.54) is 6.08 Å². The number of ketones is 1. The first kappa shape index (κ1) is 19.4. The van der Waals surface area contributed by atoms with Crippen molar-refractivity contribution < 1.29 is 27.6 Å². The van der Waals surface area contributed by atoms with Crippen LogP contribution in [0, 0.1) is 0 Å². The van der Waals surface area contributed by atoms with Crippen LogP contribution < -0.4 is 0 Å². The highest BCUT2D eigenvalue weighted by Gasteiger charge is 2.55. The van der Waals surface area contributed by atoms with Gasteiger partial charge >= 0.3 is 6.18 Å². The molecule has 4 rings (SSSR count). The molecule has 9 heteroatoms. The third-order valence-electron chi connectivity index (χ3n) is 5.35. The van der Waals surface area contributed by atoms with Crippen molar-refractivity contribution in [2.24, 2.45) is 0 Å². The molecule has 0 saturated carbocycles. The Hall–Kier alpha value is -2.94. The van der Waals surface area contributed by atoms with Crippen molar-refractivity contribution in [2.75, 3.05) is 0 Å². The Morgan fingerprint density at radius 2 is 2.14 bits per heavy atom. The number of hydrogen-bond donors (Lipinski definition) is 2. The minimum Gasteiger partial charge on any atom is -0.375 e. The zero-order valence-electron chi connectivity index (χ0n) is 15.7. The average molecular weight is 405 g/mol. The SMILES string of the molecule is C[C@H]1C/C(=C/C(=O)c2cccc3[nH]ncc23)Cc2onc(C(C)(O)C(F)(F)F)c21. The van der Waals surface area contributed by atoms with Gasteiger partial charge in [0.25, 0.3) is 0 Å². The summed E-state index contributed by atoms with van der Waals surface area (Å²) < 4.78 is 44.8. The van der Waals surface area contributed by atoms with Gasteiger partial charge in [0.15, 0.2) is 5.78 Å². The van der Waals surface area contributed by atoms with E-state index in [2.05, 4.69) is 15.4 Å². The number of aromatic nitrogens is 3. The lowest BCUT2D eigenvalue weighted by Crippen LogP contribution is -2.40. The second-order valence-corrected chi connectivity index (χ2v) is 7.52. The molecule has 2 atom stereocenters. The Morgan fingerprint density at radius 3 is 2.86 bits per heavy atom. The number of H-pyrrole nitrogens is 1. The van der Waals surface area contributed by atoms with E-state index in [0.29, 0.717) is 24.3 Å². The zero-order valence-corrected chi connectivity index (χ0v) is 15.7. The molecule has 1 unspecified atom stereocenters. The van der Waals surface area contributed by atoms with E-state index in [9.17, 15) is 23.1 Å². The molecule has 0 spiro atoms. The summed E-state index contributed by atoms with van der Waals surface area (Å²) in [5.41, 5.74) is -1.41. The smallest absolute Gasteiger partial charge is 0.375 e. The van der Waals surface area contributed by atoms with Crippen molar-refractivity contribution in [1.29, 1.82) is 0 Å². The fraction of sp³-hybridized carbons (Fsp3) is 0.350. The van der Waals surface area contributed by atoms with Crippen LogP contribution >= 0.6 is 0 Å². The van der Waals surface area contributed by atoms with E-state index < -0.39 is 23.4 Å². The molecule has 152 valence electrons. The van der Waals surface area contributed by atoms with Crippen molar-refractivity contribution in [3.63, 3.8) is 0 Å². The van der Waals surface area contributed by atoms with Gasteiger partial charge < -0.3 is 9.63 Å². The molecule has 1 aliphatic carbocycles. The van der Waals surface area contributed by atoms with Crippen LogP contribution in [0.1, 0.15) is 53.6 Å². The molecule has 0 saturated heterocycles. The third-order valence-corrected chi connectivity index (χ3v) is 5.35. The van der Waals surface area contributed by atoms with Gasteiger partial charge in [-0.25, -0.2) is 0 Å². The van der Waals surface area contributed by atoms with Crippen LogP contribution in [0.3, 0.4) is 0 Å². The first-order valence-electron chi connectivity index (χ1n) is 9.03. The van der Waals surface area contributed by atoms with E-state index in [0.717, 1.165) is 11.1 Å². The highest BCUT2D eigenvalue weighted by molar-refractivity contribution is 6.13. The lowest BCUT2D eigenvalue weighted by molar-refractivity contribution is -0.261. The Kier molecular flexibility index (Phi) is 4.38. The minimum atomic E-state index is -4.88. The van der Waals surface area contributed by atoms with Crippen molar-refractivity contribution in [3.8, 4) is 0 Å². The lowest BCUT2D eigenvalue weighted by atomic mass is 9.80. The van der Waals surface area contributed by atoms with Gasteiger partial charge in [0, 0.05) is 22.9 Å². The van der Waals surface area contributed by atoms with Crippen molar-refractivity contribution in [2.45, 2.75) is 44.4 Å². The molecular weight excluding hydrogens is 387 g/mol. The summed E-state index contributed by atoms with van der Waals surface area (Å²) in [5.74, 6) is -0.369. The first-order chi connectivity index (χ1) is 13.6. The number of carbonyl (C=O) groups excluding carboxylic acids is 1. The number of halogens is 3. The van der Waals surface area contributed by atoms with Crippen molar-refractivity contribution >= 4 is 16.7 Å². The highest BCUT2D eigenvalue weighted by atomic mass is 19.4. The Labute approximate surface area is 163 Å². The number of alkyl halides is 3. The Bertz CT molecular complexity index is 1120. The van der Waals surface area contributed by atoms with Crippen LogP contribution in [0.15, 0.2) is 40.6 Å². The molecule has 29 heavy (non-hydrogen) atoms.